The van der Waals surface area contributed by atoms with Crippen molar-refractivity contribution in [2.24, 2.45) is 0 Å². The van der Waals surface area contributed by atoms with E-state index in [-0.39, 0.29) is 11.6 Å². The van der Waals surface area contributed by atoms with Crippen LogP contribution in [-0.2, 0) is 4.79 Å². The first-order chi connectivity index (χ1) is 13.3. The molecule has 0 aromatic heterocycles. The van der Waals surface area contributed by atoms with Gasteiger partial charge in [-0.15, -0.1) is 0 Å². The van der Waals surface area contributed by atoms with Gasteiger partial charge >= 0.3 is 0 Å². The number of hydrogen-bond donors (Lipinski definition) is 0. The van der Waals surface area contributed by atoms with Crippen molar-refractivity contribution in [1.82, 2.24) is 4.90 Å². The van der Waals surface area contributed by atoms with Gasteiger partial charge in [-0.2, -0.15) is 0 Å². The second-order valence-electron chi connectivity index (χ2n) is 6.76. The molecule has 1 heterocycles. The van der Waals surface area contributed by atoms with E-state index in [1.807, 2.05) is 6.92 Å². The van der Waals surface area contributed by atoms with Gasteiger partial charge in [0.1, 0.15) is 5.75 Å². The van der Waals surface area contributed by atoms with Crippen molar-refractivity contribution in [2.75, 3.05) is 31.1 Å². The van der Waals surface area contributed by atoms with Crippen LogP contribution in [0.2, 0.25) is 5.02 Å². The predicted molar refractivity (Wildman–Crippen MR) is 108 cm³/mol. The summed E-state index contributed by atoms with van der Waals surface area (Å²) in [6.45, 7) is 6.11. The second-order valence-corrected chi connectivity index (χ2v) is 7.19. The van der Waals surface area contributed by atoms with Gasteiger partial charge in [0.2, 0.25) is 0 Å². The SMILES string of the molecule is Cc1cc(Cl)ccc1O[C@H](C)C(=O)N1CCN(c2ccc([N+](=O)[O-])cc2)CC1. The molecule has 0 radical (unpaired) electrons. The molecule has 3 rings (SSSR count). The zero-order valence-electron chi connectivity index (χ0n) is 15.8. The maximum atomic E-state index is 12.7. The first kappa shape index (κ1) is 19.9. The van der Waals surface area contributed by atoms with E-state index in [4.69, 9.17) is 16.3 Å². The number of benzene rings is 2. The Bertz CT molecular complexity index is 864. The summed E-state index contributed by atoms with van der Waals surface area (Å²) >= 11 is 5.96. The molecule has 7 nitrogen and oxygen atoms in total. The third kappa shape index (κ3) is 4.54. The van der Waals surface area contributed by atoms with E-state index in [0.29, 0.717) is 37.0 Å². The zero-order chi connectivity index (χ0) is 20.3. The number of carbonyl (C=O) groups excluding carboxylic acids is 1. The van der Waals surface area contributed by atoms with Crippen LogP contribution in [0.15, 0.2) is 42.5 Å². The van der Waals surface area contributed by atoms with Gasteiger partial charge in [0.15, 0.2) is 6.10 Å². The average molecular weight is 404 g/mol. The molecular weight excluding hydrogens is 382 g/mol. The Balaban J connectivity index is 1.56. The molecule has 2 aromatic rings. The standard InChI is InChI=1S/C20H22ClN3O4/c1-14-13-16(21)3-8-19(14)28-15(2)20(25)23-11-9-22(10-12-23)17-4-6-18(7-5-17)24(26)27/h3-8,13,15H,9-12H2,1-2H3/t15-/m1/s1. The van der Waals surface area contributed by atoms with Gasteiger partial charge in [-0.05, 0) is 49.7 Å². The van der Waals surface area contributed by atoms with Crippen molar-refractivity contribution in [3.05, 3.63) is 63.2 Å². The van der Waals surface area contributed by atoms with E-state index >= 15 is 0 Å². The molecule has 1 amide bonds. The number of nitro benzene ring substituents is 1. The van der Waals surface area contributed by atoms with Gasteiger partial charge < -0.3 is 14.5 Å². The highest BCUT2D eigenvalue weighted by Crippen LogP contribution is 2.24. The number of carbonyl (C=O) groups is 1. The quantitative estimate of drug-likeness (QED) is 0.562. The van der Waals surface area contributed by atoms with Crippen molar-refractivity contribution in [3.8, 4) is 5.75 Å². The Morgan fingerprint density at radius 2 is 1.79 bits per heavy atom. The lowest BCUT2D eigenvalue weighted by atomic mass is 10.2. The third-order valence-corrected chi connectivity index (χ3v) is 5.04. The first-order valence-corrected chi connectivity index (χ1v) is 9.44. The lowest BCUT2D eigenvalue weighted by Crippen LogP contribution is -2.52. The third-order valence-electron chi connectivity index (χ3n) is 4.81. The first-order valence-electron chi connectivity index (χ1n) is 9.06. The topological polar surface area (TPSA) is 75.9 Å². The van der Waals surface area contributed by atoms with Crippen LogP contribution in [0.4, 0.5) is 11.4 Å². The Labute approximate surface area is 168 Å². The highest BCUT2D eigenvalue weighted by molar-refractivity contribution is 6.30. The van der Waals surface area contributed by atoms with Crippen LogP contribution >= 0.6 is 11.6 Å². The summed E-state index contributed by atoms with van der Waals surface area (Å²) in [5.74, 6) is 0.590. The molecular formula is C20H22ClN3O4. The van der Waals surface area contributed by atoms with Gasteiger partial charge in [0, 0.05) is 49.0 Å². The molecule has 1 saturated heterocycles. The van der Waals surface area contributed by atoms with Crippen molar-refractivity contribution < 1.29 is 14.5 Å². The van der Waals surface area contributed by atoms with Gasteiger partial charge in [0.25, 0.3) is 11.6 Å². The van der Waals surface area contributed by atoms with Gasteiger partial charge in [-0.25, -0.2) is 0 Å². The summed E-state index contributed by atoms with van der Waals surface area (Å²) in [5.41, 5.74) is 1.87. The average Bonchev–Trinajstić information content (AvgIpc) is 2.69. The van der Waals surface area contributed by atoms with Crippen LogP contribution in [0, 0.1) is 17.0 Å². The molecule has 0 spiro atoms. The van der Waals surface area contributed by atoms with E-state index in [1.165, 1.54) is 12.1 Å². The zero-order valence-corrected chi connectivity index (χ0v) is 16.6. The molecule has 0 saturated carbocycles. The number of aryl methyl sites for hydroxylation is 1. The minimum Gasteiger partial charge on any atom is -0.481 e. The van der Waals surface area contributed by atoms with Crippen molar-refractivity contribution in [2.45, 2.75) is 20.0 Å². The number of hydrogen-bond acceptors (Lipinski definition) is 5. The van der Waals surface area contributed by atoms with Gasteiger partial charge in [0.05, 0.1) is 4.92 Å². The monoisotopic (exact) mass is 403 g/mol. The number of anilines is 1. The molecule has 0 N–H and O–H groups in total. The normalized spacial score (nSPS) is 15.2. The van der Waals surface area contributed by atoms with Crippen LogP contribution in [0.3, 0.4) is 0 Å². The van der Waals surface area contributed by atoms with E-state index in [9.17, 15) is 14.9 Å². The molecule has 1 aliphatic heterocycles. The minimum absolute atomic E-state index is 0.0577. The predicted octanol–water partition coefficient (Wildman–Crippen LogP) is 3.67. The Kier molecular flexibility index (Phi) is 6.04. The van der Waals surface area contributed by atoms with Crippen LogP contribution in [0.25, 0.3) is 0 Å². The van der Waals surface area contributed by atoms with Gasteiger partial charge in [-0.3, -0.25) is 14.9 Å². The number of non-ortho nitro benzene ring substituents is 1. The fourth-order valence-electron chi connectivity index (χ4n) is 3.21. The largest absolute Gasteiger partial charge is 0.481 e. The smallest absolute Gasteiger partial charge is 0.269 e. The number of piperazine rings is 1. The Hall–Kier alpha value is -2.80. The molecule has 0 aliphatic carbocycles. The second kappa shape index (κ2) is 8.48. The lowest BCUT2D eigenvalue weighted by Gasteiger charge is -2.37. The number of rotatable bonds is 5. The van der Waals surface area contributed by atoms with Crippen molar-refractivity contribution in [1.29, 1.82) is 0 Å². The summed E-state index contributed by atoms with van der Waals surface area (Å²) in [4.78, 5) is 27.0. The molecule has 2 aromatic carbocycles. The summed E-state index contributed by atoms with van der Waals surface area (Å²) in [6, 6.07) is 11.8. The molecule has 28 heavy (non-hydrogen) atoms. The highest BCUT2D eigenvalue weighted by Gasteiger charge is 2.26. The number of nitro groups is 1. The van der Waals surface area contributed by atoms with Crippen LogP contribution in [0.5, 0.6) is 5.75 Å². The Morgan fingerprint density at radius 1 is 1.14 bits per heavy atom. The number of nitrogens with zero attached hydrogens (tertiary/aromatic N) is 3. The highest BCUT2D eigenvalue weighted by atomic mass is 35.5. The number of amides is 1. The molecule has 1 aliphatic rings. The van der Waals surface area contributed by atoms with Crippen molar-refractivity contribution >= 4 is 28.9 Å². The Morgan fingerprint density at radius 3 is 2.36 bits per heavy atom. The number of halogens is 1. The molecule has 1 fully saturated rings. The minimum atomic E-state index is -0.592. The molecule has 0 unspecified atom stereocenters. The maximum absolute atomic E-state index is 12.7. The molecule has 8 heteroatoms. The van der Waals surface area contributed by atoms with E-state index in [0.717, 1.165) is 11.3 Å². The van der Waals surface area contributed by atoms with E-state index < -0.39 is 11.0 Å². The summed E-state index contributed by atoms with van der Waals surface area (Å²) in [6.07, 6.45) is -0.592. The molecule has 0 bridgehead atoms. The van der Waals surface area contributed by atoms with E-state index in [1.54, 1.807) is 42.2 Å². The maximum Gasteiger partial charge on any atom is 0.269 e. The van der Waals surface area contributed by atoms with Crippen LogP contribution in [0.1, 0.15) is 12.5 Å². The summed E-state index contributed by atoms with van der Waals surface area (Å²) < 4.78 is 5.83. The van der Waals surface area contributed by atoms with Gasteiger partial charge in [-0.1, -0.05) is 11.6 Å². The molecule has 148 valence electrons. The lowest BCUT2D eigenvalue weighted by molar-refractivity contribution is -0.384. The fraction of sp³-hybridized carbons (Fsp3) is 0.350. The molecule has 1 atom stereocenters. The number of ether oxygens (including phenoxy) is 1. The summed E-state index contributed by atoms with van der Waals surface area (Å²) in [7, 11) is 0. The fourth-order valence-corrected chi connectivity index (χ4v) is 3.44. The van der Waals surface area contributed by atoms with Crippen LogP contribution in [-0.4, -0.2) is 48.0 Å². The van der Waals surface area contributed by atoms with Crippen molar-refractivity contribution in [3.63, 3.8) is 0 Å². The van der Waals surface area contributed by atoms with Crippen LogP contribution < -0.4 is 9.64 Å². The summed E-state index contributed by atoms with van der Waals surface area (Å²) in [5, 5.41) is 11.4. The van der Waals surface area contributed by atoms with E-state index in [2.05, 4.69) is 4.90 Å².